The predicted octanol–water partition coefficient (Wildman–Crippen LogP) is 3.54. The summed E-state index contributed by atoms with van der Waals surface area (Å²) in [7, 11) is 0. The molecule has 0 bridgehead atoms. The number of aryl methyl sites for hydroxylation is 1. The summed E-state index contributed by atoms with van der Waals surface area (Å²) in [5.41, 5.74) is 1.65. The Morgan fingerprint density at radius 3 is 2.83 bits per heavy atom. The number of likely N-dealkylation sites (tertiary alicyclic amines) is 1. The minimum atomic E-state index is -0.113. The Morgan fingerprint density at radius 2 is 2.13 bits per heavy atom. The summed E-state index contributed by atoms with van der Waals surface area (Å²) in [4.78, 5) is 14.7. The van der Waals surface area contributed by atoms with Gasteiger partial charge in [-0.2, -0.15) is 0 Å². The van der Waals surface area contributed by atoms with Crippen LogP contribution in [0.2, 0.25) is 0 Å². The first kappa shape index (κ1) is 15.8. The van der Waals surface area contributed by atoms with Crippen molar-refractivity contribution in [3.05, 3.63) is 35.0 Å². The zero-order chi connectivity index (χ0) is 16.4. The van der Waals surface area contributed by atoms with Crippen molar-refractivity contribution in [1.82, 2.24) is 15.2 Å². The van der Waals surface area contributed by atoms with Crippen molar-refractivity contribution in [3.8, 4) is 0 Å². The van der Waals surface area contributed by atoms with Crippen molar-refractivity contribution in [2.75, 3.05) is 6.54 Å². The van der Waals surface area contributed by atoms with Crippen LogP contribution in [0.1, 0.15) is 66.9 Å². The summed E-state index contributed by atoms with van der Waals surface area (Å²) in [6, 6.07) is 3.62. The molecular formula is C17H23N3O3. The molecule has 1 atom stereocenters. The highest BCUT2D eigenvalue weighted by molar-refractivity contribution is 5.91. The second-order valence-corrected chi connectivity index (χ2v) is 6.65. The van der Waals surface area contributed by atoms with E-state index in [0.29, 0.717) is 18.2 Å². The van der Waals surface area contributed by atoms with Crippen LogP contribution in [0.25, 0.3) is 0 Å². The van der Waals surface area contributed by atoms with Crippen LogP contribution in [-0.2, 0) is 6.42 Å². The Hall–Kier alpha value is -2.11. The van der Waals surface area contributed by atoms with Gasteiger partial charge in [-0.05, 0) is 38.5 Å². The summed E-state index contributed by atoms with van der Waals surface area (Å²) in [6.07, 6.45) is 3.77. The Balaban J connectivity index is 1.79. The third-order valence-corrected chi connectivity index (χ3v) is 4.14. The molecule has 1 aliphatic heterocycles. The number of piperidine rings is 1. The van der Waals surface area contributed by atoms with Gasteiger partial charge in [0.25, 0.3) is 5.91 Å². The molecule has 0 radical (unpaired) electrons. The predicted molar refractivity (Wildman–Crippen MR) is 83.9 cm³/mol. The normalized spacial score (nSPS) is 18.6. The van der Waals surface area contributed by atoms with E-state index in [0.717, 1.165) is 42.8 Å². The van der Waals surface area contributed by atoms with Crippen LogP contribution in [0.3, 0.4) is 0 Å². The summed E-state index contributed by atoms with van der Waals surface area (Å²) in [5, 5.41) is 8.11. The molecule has 0 N–H and O–H groups in total. The molecule has 0 spiro atoms. The van der Waals surface area contributed by atoms with E-state index in [4.69, 9.17) is 9.05 Å². The molecule has 1 fully saturated rings. The van der Waals surface area contributed by atoms with Crippen LogP contribution in [-0.4, -0.2) is 27.7 Å². The third-order valence-electron chi connectivity index (χ3n) is 4.14. The highest BCUT2D eigenvalue weighted by Crippen LogP contribution is 2.32. The summed E-state index contributed by atoms with van der Waals surface area (Å²) in [6.45, 7) is 6.79. The standard InChI is InChI=1S/C17H23N3O3/c1-11(2)8-13-10-16(23-18-13)17(21)20-7-5-4-6-15(20)14-9-12(3)22-19-14/h9-11,15H,4-8H2,1-3H3. The molecule has 0 saturated carbocycles. The highest BCUT2D eigenvalue weighted by Gasteiger charge is 2.32. The maximum Gasteiger partial charge on any atom is 0.293 e. The number of rotatable bonds is 4. The van der Waals surface area contributed by atoms with Gasteiger partial charge in [-0.15, -0.1) is 0 Å². The van der Waals surface area contributed by atoms with Crippen LogP contribution >= 0.6 is 0 Å². The van der Waals surface area contributed by atoms with Gasteiger partial charge in [0.1, 0.15) is 11.5 Å². The number of hydrogen-bond acceptors (Lipinski definition) is 5. The molecule has 0 aromatic carbocycles. The van der Waals surface area contributed by atoms with E-state index in [9.17, 15) is 4.79 Å². The van der Waals surface area contributed by atoms with Gasteiger partial charge >= 0.3 is 0 Å². The lowest BCUT2D eigenvalue weighted by Crippen LogP contribution is -2.38. The van der Waals surface area contributed by atoms with Gasteiger partial charge in [-0.25, -0.2) is 0 Å². The first-order valence-corrected chi connectivity index (χ1v) is 8.24. The monoisotopic (exact) mass is 317 g/mol. The molecule has 1 aliphatic rings. The zero-order valence-electron chi connectivity index (χ0n) is 13.9. The van der Waals surface area contributed by atoms with Crippen molar-refractivity contribution in [2.45, 2.75) is 52.5 Å². The van der Waals surface area contributed by atoms with E-state index in [-0.39, 0.29) is 11.9 Å². The Labute approximate surface area is 135 Å². The van der Waals surface area contributed by atoms with Gasteiger partial charge in [0.2, 0.25) is 5.76 Å². The number of aromatic nitrogens is 2. The summed E-state index contributed by atoms with van der Waals surface area (Å²) in [5.74, 6) is 1.44. The lowest BCUT2D eigenvalue weighted by molar-refractivity contribution is 0.0559. The Bertz CT molecular complexity index is 674. The van der Waals surface area contributed by atoms with E-state index >= 15 is 0 Å². The molecule has 1 unspecified atom stereocenters. The summed E-state index contributed by atoms with van der Waals surface area (Å²) < 4.78 is 10.5. The topological polar surface area (TPSA) is 72.4 Å². The largest absolute Gasteiger partial charge is 0.361 e. The number of hydrogen-bond donors (Lipinski definition) is 0. The molecule has 23 heavy (non-hydrogen) atoms. The number of carbonyl (C=O) groups is 1. The van der Waals surface area contributed by atoms with Crippen LogP contribution in [0.4, 0.5) is 0 Å². The van der Waals surface area contributed by atoms with Gasteiger partial charge in [0, 0.05) is 18.7 Å². The Morgan fingerprint density at radius 1 is 1.30 bits per heavy atom. The second kappa shape index (κ2) is 6.56. The molecule has 1 saturated heterocycles. The van der Waals surface area contributed by atoms with Crippen molar-refractivity contribution in [3.63, 3.8) is 0 Å². The van der Waals surface area contributed by atoms with Crippen molar-refractivity contribution < 1.29 is 13.8 Å². The molecule has 6 nitrogen and oxygen atoms in total. The average molecular weight is 317 g/mol. The van der Waals surface area contributed by atoms with Gasteiger partial charge in [0.05, 0.1) is 11.7 Å². The van der Waals surface area contributed by atoms with Crippen molar-refractivity contribution in [1.29, 1.82) is 0 Å². The van der Waals surface area contributed by atoms with Crippen molar-refractivity contribution >= 4 is 5.91 Å². The van der Waals surface area contributed by atoms with Crippen molar-refractivity contribution in [2.24, 2.45) is 5.92 Å². The molecule has 3 rings (SSSR count). The van der Waals surface area contributed by atoms with Crippen LogP contribution < -0.4 is 0 Å². The number of nitrogens with zero attached hydrogens (tertiary/aromatic N) is 3. The molecule has 2 aromatic heterocycles. The van der Waals surface area contributed by atoms with E-state index in [1.807, 2.05) is 17.9 Å². The fraction of sp³-hybridized carbons (Fsp3) is 0.588. The molecule has 0 aliphatic carbocycles. The fourth-order valence-electron chi connectivity index (χ4n) is 3.09. The van der Waals surface area contributed by atoms with Gasteiger partial charge in [-0.1, -0.05) is 24.2 Å². The first-order valence-electron chi connectivity index (χ1n) is 8.24. The van der Waals surface area contributed by atoms with E-state index < -0.39 is 0 Å². The van der Waals surface area contributed by atoms with E-state index in [2.05, 4.69) is 24.2 Å². The molecule has 124 valence electrons. The zero-order valence-corrected chi connectivity index (χ0v) is 13.9. The van der Waals surface area contributed by atoms with Gasteiger partial charge < -0.3 is 13.9 Å². The number of amides is 1. The van der Waals surface area contributed by atoms with Crippen LogP contribution in [0.5, 0.6) is 0 Å². The molecule has 3 heterocycles. The second-order valence-electron chi connectivity index (χ2n) is 6.65. The quantitative estimate of drug-likeness (QED) is 0.862. The van der Waals surface area contributed by atoms with Gasteiger partial charge in [-0.3, -0.25) is 4.79 Å². The van der Waals surface area contributed by atoms with Gasteiger partial charge in [0.15, 0.2) is 0 Å². The smallest absolute Gasteiger partial charge is 0.293 e. The van der Waals surface area contributed by atoms with Crippen LogP contribution in [0.15, 0.2) is 21.2 Å². The fourth-order valence-corrected chi connectivity index (χ4v) is 3.09. The highest BCUT2D eigenvalue weighted by atomic mass is 16.5. The SMILES string of the molecule is Cc1cc(C2CCCCN2C(=O)c2cc(CC(C)C)no2)no1. The number of carbonyl (C=O) groups excluding carboxylic acids is 1. The average Bonchev–Trinajstić information content (AvgIpc) is 3.15. The van der Waals surface area contributed by atoms with Crippen LogP contribution in [0, 0.1) is 12.8 Å². The Kier molecular flexibility index (Phi) is 4.50. The molecular weight excluding hydrogens is 294 g/mol. The minimum Gasteiger partial charge on any atom is -0.361 e. The van der Waals surface area contributed by atoms with E-state index in [1.165, 1.54) is 0 Å². The molecule has 2 aromatic rings. The summed E-state index contributed by atoms with van der Waals surface area (Å²) >= 11 is 0. The lowest BCUT2D eigenvalue weighted by atomic mass is 9.98. The maximum absolute atomic E-state index is 12.8. The molecule has 6 heteroatoms. The first-order chi connectivity index (χ1) is 11.0. The van der Waals surface area contributed by atoms with E-state index in [1.54, 1.807) is 6.07 Å². The molecule has 1 amide bonds. The third kappa shape index (κ3) is 3.46. The lowest BCUT2D eigenvalue weighted by Gasteiger charge is -2.33. The maximum atomic E-state index is 12.8. The minimum absolute atomic E-state index is 0.0488.